The van der Waals surface area contributed by atoms with Crippen LogP contribution in [0.25, 0.3) is 5.52 Å². The first-order valence-electron chi connectivity index (χ1n) is 7.64. The molecule has 1 saturated heterocycles. The van der Waals surface area contributed by atoms with E-state index < -0.39 is 6.10 Å². The SMILES string of the molecule is Cc1cc2c(N(C)CC(O)CN3CCOCC3)nccn2n1. The zero-order valence-electron chi connectivity index (χ0n) is 13.1. The van der Waals surface area contributed by atoms with E-state index in [0.29, 0.717) is 13.1 Å². The fraction of sp³-hybridized carbons (Fsp3) is 0.600. The zero-order valence-corrected chi connectivity index (χ0v) is 13.1. The minimum absolute atomic E-state index is 0.422. The van der Waals surface area contributed by atoms with Gasteiger partial charge in [0.05, 0.1) is 25.0 Å². The fourth-order valence-electron chi connectivity index (χ4n) is 2.87. The van der Waals surface area contributed by atoms with Gasteiger partial charge in [0, 0.05) is 45.6 Å². The van der Waals surface area contributed by atoms with E-state index in [0.717, 1.165) is 43.3 Å². The third kappa shape index (κ3) is 3.37. The quantitative estimate of drug-likeness (QED) is 0.849. The summed E-state index contributed by atoms with van der Waals surface area (Å²) in [4.78, 5) is 8.66. The third-order valence-electron chi connectivity index (χ3n) is 3.91. The van der Waals surface area contributed by atoms with Gasteiger partial charge in [0.1, 0.15) is 5.52 Å². The maximum absolute atomic E-state index is 10.3. The summed E-state index contributed by atoms with van der Waals surface area (Å²) in [5.74, 6) is 0.837. The molecule has 2 aromatic heterocycles. The topological polar surface area (TPSA) is 66.1 Å². The zero-order chi connectivity index (χ0) is 15.5. The number of β-amino-alcohol motifs (C(OH)–C–C–N with tert-alkyl or cyclic N) is 1. The summed E-state index contributed by atoms with van der Waals surface area (Å²) >= 11 is 0. The number of fused-ring (bicyclic) bond motifs is 1. The number of aryl methyl sites for hydroxylation is 1. The summed E-state index contributed by atoms with van der Waals surface area (Å²) < 4.78 is 7.15. The van der Waals surface area contributed by atoms with Crippen LogP contribution in [0.2, 0.25) is 0 Å². The highest BCUT2D eigenvalue weighted by Gasteiger charge is 2.18. The van der Waals surface area contributed by atoms with Crippen LogP contribution in [-0.4, -0.2) is 77.1 Å². The van der Waals surface area contributed by atoms with Crippen molar-refractivity contribution >= 4 is 11.3 Å². The number of anilines is 1. The predicted molar refractivity (Wildman–Crippen MR) is 84.3 cm³/mol. The molecule has 0 aromatic carbocycles. The Kier molecular flexibility index (Phi) is 4.56. The molecular formula is C15H23N5O2. The molecule has 0 saturated carbocycles. The van der Waals surface area contributed by atoms with Crippen LogP contribution in [0, 0.1) is 6.92 Å². The molecule has 7 nitrogen and oxygen atoms in total. The van der Waals surface area contributed by atoms with Gasteiger partial charge in [-0.2, -0.15) is 5.10 Å². The second-order valence-corrected chi connectivity index (χ2v) is 5.81. The molecule has 22 heavy (non-hydrogen) atoms. The first-order chi connectivity index (χ1) is 10.6. The van der Waals surface area contributed by atoms with Gasteiger partial charge in [-0.15, -0.1) is 0 Å². The van der Waals surface area contributed by atoms with Gasteiger partial charge in [-0.3, -0.25) is 4.90 Å². The number of ether oxygens (including phenoxy) is 1. The average Bonchev–Trinajstić information content (AvgIpc) is 2.87. The van der Waals surface area contributed by atoms with E-state index in [9.17, 15) is 5.11 Å². The number of hydrogen-bond donors (Lipinski definition) is 1. The lowest BCUT2D eigenvalue weighted by molar-refractivity contribution is 0.0162. The smallest absolute Gasteiger partial charge is 0.154 e. The predicted octanol–water partition coefficient (Wildman–Crippen LogP) is 0.167. The molecule has 1 N–H and O–H groups in total. The van der Waals surface area contributed by atoms with Gasteiger partial charge in [-0.25, -0.2) is 9.50 Å². The van der Waals surface area contributed by atoms with E-state index >= 15 is 0 Å². The highest BCUT2D eigenvalue weighted by molar-refractivity contribution is 5.68. The molecule has 0 amide bonds. The van der Waals surface area contributed by atoms with E-state index in [1.165, 1.54) is 0 Å². The van der Waals surface area contributed by atoms with Crippen LogP contribution in [0.5, 0.6) is 0 Å². The van der Waals surface area contributed by atoms with E-state index in [1.54, 1.807) is 6.20 Å². The second-order valence-electron chi connectivity index (χ2n) is 5.81. The maximum Gasteiger partial charge on any atom is 0.154 e. The Morgan fingerprint density at radius 3 is 2.95 bits per heavy atom. The summed E-state index contributed by atoms with van der Waals surface area (Å²) in [5.41, 5.74) is 1.91. The van der Waals surface area contributed by atoms with Crippen molar-refractivity contribution in [2.45, 2.75) is 13.0 Å². The molecule has 7 heteroatoms. The molecule has 0 spiro atoms. The van der Waals surface area contributed by atoms with E-state index in [2.05, 4.69) is 15.0 Å². The van der Waals surface area contributed by atoms with Crippen LogP contribution in [0.1, 0.15) is 5.69 Å². The normalized spacial score (nSPS) is 17.8. The van der Waals surface area contributed by atoms with E-state index in [1.807, 2.05) is 35.6 Å². The monoisotopic (exact) mass is 305 g/mol. The Morgan fingerprint density at radius 1 is 1.41 bits per heavy atom. The highest BCUT2D eigenvalue weighted by Crippen LogP contribution is 2.18. The molecule has 0 radical (unpaired) electrons. The summed E-state index contributed by atoms with van der Waals surface area (Å²) in [6, 6.07) is 2.01. The molecule has 1 aliphatic heterocycles. The van der Waals surface area contributed by atoms with Crippen LogP contribution in [0.3, 0.4) is 0 Å². The molecule has 3 rings (SSSR count). The Balaban J connectivity index is 1.66. The first-order valence-corrected chi connectivity index (χ1v) is 7.64. The molecule has 1 unspecified atom stereocenters. The molecule has 1 fully saturated rings. The molecule has 0 aliphatic carbocycles. The molecular weight excluding hydrogens is 282 g/mol. The van der Waals surface area contributed by atoms with Gasteiger partial charge in [-0.1, -0.05) is 0 Å². The first kappa shape index (κ1) is 15.2. The van der Waals surface area contributed by atoms with Crippen molar-refractivity contribution in [3.05, 3.63) is 24.2 Å². The number of hydrogen-bond acceptors (Lipinski definition) is 6. The number of likely N-dealkylation sites (N-methyl/N-ethyl adjacent to an activating group) is 1. The molecule has 1 atom stereocenters. The third-order valence-corrected chi connectivity index (χ3v) is 3.91. The summed E-state index contributed by atoms with van der Waals surface area (Å²) in [5, 5.41) is 14.7. The van der Waals surface area contributed by atoms with Gasteiger partial charge < -0.3 is 14.7 Å². The van der Waals surface area contributed by atoms with Crippen LogP contribution in [-0.2, 0) is 4.74 Å². The minimum Gasteiger partial charge on any atom is -0.390 e. The molecule has 120 valence electrons. The van der Waals surface area contributed by atoms with Gasteiger partial charge in [-0.05, 0) is 13.0 Å². The molecule has 1 aliphatic rings. The lowest BCUT2D eigenvalue weighted by atomic mass is 10.2. The molecule has 2 aromatic rings. The summed E-state index contributed by atoms with van der Waals surface area (Å²) in [6.45, 7) is 6.43. The van der Waals surface area contributed by atoms with Gasteiger partial charge in [0.2, 0.25) is 0 Å². The lowest BCUT2D eigenvalue weighted by Crippen LogP contribution is -2.44. The van der Waals surface area contributed by atoms with Crippen molar-refractivity contribution in [2.24, 2.45) is 0 Å². The van der Waals surface area contributed by atoms with Crippen molar-refractivity contribution in [2.75, 3.05) is 51.3 Å². The average molecular weight is 305 g/mol. The largest absolute Gasteiger partial charge is 0.390 e. The van der Waals surface area contributed by atoms with Gasteiger partial charge in [0.15, 0.2) is 5.82 Å². The number of aliphatic hydroxyl groups excluding tert-OH is 1. The Hall–Kier alpha value is -1.70. The van der Waals surface area contributed by atoms with Crippen LogP contribution in [0.15, 0.2) is 18.5 Å². The van der Waals surface area contributed by atoms with E-state index in [-0.39, 0.29) is 0 Å². The number of nitrogens with zero attached hydrogens (tertiary/aromatic N) is 5. The van der Waals surface area contributed by atoms with Gasteiger partial charge in [0.25, 0.3) is 0 Å². The highest BCUT2D eigenvalue weighted by atomic mass is 16.5. The van der Waals surface area contributed by atoms with Crippen LogP contribution in [0.4, 0.5) is 5.82 Å². The van der Waals surface area contributed by atoms with Gasteiger partial charge >= 0.3 is 0 Å². The molecule has 3 heterocycles. The minimum atomic E-state index is -0.422. The Morgan fingerprint density at radius 2 is 2.18 bits per heavy atom. The number of aliphatic hydroxyl groups is 1. The number of rotatable bonds is 5. The van der Waals surface area contributed by atoms with Crippen molar-refractivity contribution in [1.29, 1.82) is 0 Å². The number of aromatic nitrogens is 3. The fourth-order valence-corrected chi connectivity index (χ4v) is 2.87. The Bertz CT molecular complexity index is 623. The van der Waals surface area contributed by atoms with Crippen LogP contribution < -0.4 is 4.90 Å². The Labute approximate surface area is 130 Å². The second kappa shape index (κ2) is 6.60. The standard InChI is InChI=1S/C15H23N5O2/c1-12-9-14-15(16-3-4-20(14)17-12)18(2)10-13(21)11-19-5-7-22-8-6-19/h3-4,9,13,21H,5-8,10-11H2,1-2H3. The summed E-state index contributed by atoms with van der Waals surface area (Å²) in [6.07, 6.45) is 3.15. The van der Waals surface area contributed by atoms with Crippen LogP contribution >= 0.6 is 0 Å². The molecule has 0 bridgehead atoms. The van der Waals surface area contributed by atoms with Crippen molar-refractivity contribution in [3.63, 3.8) is 0 Å². The summed E-state index contributed by atoms with van der Waals surface area (Å²) in [7, 11) is 1.95. The van der Waals surface area contributed by atoms with E-state index in [4.69, 9.17) is 4.74 Å². The van der Waals surface area contributed by atoms with Crippen molar-refractivity contribution in [3.8, 4) is 0 Å². The van der Waals surface area contributed by atoms with Crippen molar-refractivity contribution in [1.82, 2.24) is 19.5 Å². The van der Waals surface area contributed by atoms with Crippen molar-refractivity contribution < 1.29 is 9.84 Å². The number of morpholine rings is 1. The maximum atomic E-state index is 10.3. The lowest BCUT2D eigenvalue weighted by Gasteiger charge is -2.30.